The molecule has 170 valence electrons. The molecule has 0 saturated carbocycles. The van der Waals surface area contributed by atoms with Crippen LogP contribution in [0.2, 0.25) is 5.02 Å². The summed E-state index contributed by atoms with van der Waals surface area (Å²) in [5.41, 5.74) is 2.38. The van der Waals surface area contributed by atoms with Crippen LogP contribution in [-0.4, -0.2) is 37.7 Å². The maximum absolute atomic E-state index is 14.2. The first-order valence-corrected chi connectivity index (χ1v) is 10.6. The molecule has 0 spiro atoms. The molecule has 10 heteroatoms. The first kappa shape index (κ1) is 22.6. The number of hydrogen-bond donors (Lipinski definition) is 3. The number of amides is 1. The molecule has 0 saturated heterocycles. The van der Waals surface area contributed by atoms with Gasteiger partial charge in [-0.2, -0.15) is 5.26 Å². The van der Waals surface area contributed by atoms with Crippen molar-refractivity contribution in [2.45, 2.75) is 13.0 Å². The molecule has 4 rings (SSSR count). The largest absolute Gasteiger partial charge is 0.493 e. The van der Waals surface area contributed by atoms with Gasteiger partial charge in [0.05, 0.1) is 42.1 Å². The average molecular weight is 470 g/mol. The van der Waals surface area contributed by atoms with Crippen LogP contribution in [0.3, 0.4) is 0 Å². The van der Waals surface area contributed by atoms with E-state index in [1.165, 1.54) is 25.4 Å². The maximum Gasteiger partial charge on any atom is 0.233 e. The molecule has 1 aliphatic rings. The van der Waals surface area contributed by atoms with E-state index in [1.54, 1.807) is 12.1 Å². The molecule has 1 amide bonds. The minimum atomic E-state index is -0.585. The van der Waals surface area contributed by atoms with E-state index in [0.717, 1.165) is 0 Å². The molecular weight excluding hydrogens is 449 g/mol. The summed E-state index contributed by atoms with van der Waals surface area (Å²) in [6, 6.07) is 8.36. The van der Waals surface area contributed by atoms with Gasteiger partial charge in [-0.15, -0.1) is 0 Å². The Balaban J connectivity index is 1.88. The normalized spacial score (nSPS) is 14.5. The lowest BCUT2D eigenvalue weighted by Crippen LogP contribution is -2.34. The van der Waals surface area contributed by atoms with Crippen LogP contribution in [0.5, 0.6) is 11.5 Å². The number of carbonyl (C=O) groups is 1. The Kier molecular flexibility index (Phi) is 6.77. The first-order valence-electron chi connectivity index (χ1n) is 10.3. The molecule has 3 N–H and O–H groups in total. The van der Waals surface area contributed by atoms with E-state index in [1.807, 2.05) is 0 Å². The van der Waals surface area contributed by atoms with Gasteiger partial charge in [0.1, 0.15) is 11.9 Å². The summed E-state index contributed by atoms with van der Waals surface area (Å²) in [6.07, 6.45) is 2.04. The molecule has 0 aliphatic carbocycles. The molecule has 1 aliphatic heterocycles. The number of benzene rings is 2. The lowest BCUT2D eigenvalue weighted by atomic mass is 10.1. The van der Waals surface area contributed by atoms with Gasteiger partial charge in [-0.1, -0.05) is 11.6 Å². The van der Waals surface area contributed by atoms with Crippen LogP contribution in [0, 0.1) is 17.1 Å². The molecule has 0 radical (unpaired) electrons. The van der Waals surface area contributed by atoms with E-state index >= 15 is 0 Å². The van der Waals surface area contributed by atoms with Crippen molar-refractivity contribution in [3.05, 3.63) is 52.4 Å². The molecule has 2 heterocycles. The summed E-state index contributed by atoms with van der Waals surface area (Å²) < 4.78 is 25.6. The van der Waals surface area contributed by atoms with Crippen molar-refractivity contribution in [1.82, 2.24) is 15.6 Å². The highest BCUT2D eigenvalue weighted by molar-refractivity contribution is 6.31. The van der Waals surface area contributed by atoms with Crippen molar-refractivity contribution in [1.29, 1.82) is 5.26 Å². The zero-order valence-electron chi connectivity index (χ0n) is 17.8. The topological polar surface area (TPSA) is 108 Å². The van der Waals surface area contributed by atoms with Gasteiger partial charge in [0.15, 0.2) is 11.5 Å². The van der Waals surface area contributed by atoms with Crippen molar-refractivity contribution < 1.29 is 18.7 Å². The molecule has 0 fully saturated rings. The van der Waals surface area contributed by atoms with Gasteiger partial charge in [-0.3, -0.25) is 9.78 Å². The predicted molar refractivity (Wildman–Crippen MR) is 123 cm³/mol. The highest BCUT2D eigenvalue weighted by Gasteiger charge is 2.17. The monoisotopic (exact) mass is 469 g/mol. The molecule has 0 unspecified atom stereocenters. The zero-order valence-corrected chi connectivity index (χ0v) is 18.6. The minimum absolute atomic E-state index is 0.0559. The average Bonchev–Trinajstić information content (AvgIpc) is 2.81. The lowest BCUT2D eigenvalue weighted by molar-refractivity contribution is -0.120. The van der Waals surface area contributed by atoms with Crippen molar-refractivity contribution >= 4 is 39.8 Å². The van der Waals surface area contributed by atoms with Crippen molar-refractivity contribution in [2.75, 3.05) is 32.1 Å². The third-order valence-electron chi connectivity index (χ3n) is 5.18. The Morgan fingerprint density at radius 3 is 2.91 bits per heavy atom. The number of nitriles is 1. The van der Waals surface area contributed by atoms with Gasteiger partial charge in [0.2, 0.25) is 5.91 Å². The van der Waals surface area contributed by atoms with Crippen molar-refractivity contribution in [3.63, 3.8) is 0 Å². The van der Waals surface area contributed by atoms with Crippen LogP contribution in [0.4, 0.5) is 15.8 Å². The molecule has 0 atom stereocenters. The van der Waals surface area contributed by atoms with Crippen LogP contribution in [0.25, 0.3) is 10.9 Å². The Morgan fingerprint density at radius 2 is 2.12 bits per heavy atom. The van der Waals surface area contributed by atoms with Gasteiger partial charge >= 0.3 is 0 Å². The number of rotatable bonds is 1. The van der Waals surface area contributed by atoms with Gasteiger partial charge in [-0.05, 0) is 30.2 Å². The van der Waals surface area contributed by atoms with Crippen molar-refractivity contribution in [3.8, 4) is 17.6 Å². The van der Waals surface area contributed by atoms with Gasteiger partial charge in [-0.25, -0.2) is 4.39 Å². The van der Waals surface area contributed by atoms with Crippen LogP contribution < -0.4 is 25.4 Å². The SMILES string of the molecule is COc1cc2ncc(C#N)c3c2cc1OCCCNC(=O)CNCc1cc(F)c(Cl)cc1N3. The summed E-state index contributed by atoms with van der Waals surface area (Å²) in [4.78, 5) is 16.5. The summed E-state index contributed by atoms with van der Waals surface area (Å²) >= 11 is 6.05. The van der Waals surface area contributed by atoms with Crippen LogP contribution >= 0.6 is 11.6 Å². The number of hydrogen-bond acceptors (Lipinski definition) is 7. The fraction of sp³-hybridized carbons (Fsp3) is 0.261. The van der Waals surface area contributed by atoms with E-state index in [-0.39, 0.29) is 24.0 Å². The standard InChI is InChI=1S/C23H21ClFN5O3/c1-32-20-8-19-15-6-21(20)33-4-2-3-28-22(31)12-27-10-13-5-17(25)16(24)7-18(13)30-23(15)14(9-26)11-29-19/h5-8,11,27,30H,2-4,10,12H2,1H3,(H,28,31). The number of halogens is 2. The summed E-state index contributed by atoms with van der Waals surface area (Å²) in [6.45, 7) is 1.04. The quantitative estimate of drug-likeness (QED) is 0.499. The third kappa shape index (κ3) is 4.92. The molecular formula is C23H21ClFN5O3. The van der Waals surface area contributed by atoms with Crippen LogP contribution in [-0.2, 0) is 11.3 Å². The Hall–Kier alpha value is -3.61. The van der Waals surface area contributed by atoms with Crippen LogP contribution in [0.1, 0.15) is 17.5 Å². The second-order valence-corrected chi connectivity index (χ2v) is 7.79. The second kappa shape index (κ2) is 9.90. The third-order valence-corrected chi connectivity index (χ3v) is 5.47. The summed E-state index contributed by atoms with van der Waals surface area (Å²) in [7, 11) is 1.53. The minimum Gasteiger partial charge on any atom is -0.493 e. The Labute approximate surface area is 194 Å². The first-order chi connectivity index (χ1) is 16.0. The Bertz CT molecular complexity index is 1260. The van der Waals surface area contributed by atoms with Crippen LogP contribution in [0.15, 0.2) is 30.5 Å². The molecule has 2 bridgehead atoms. The number of pyridine rings is 1. The van der Waals surface area contributed by atoms with E-state index in [0.29, 0.717) is 64.5 Å². The predicted octanol–water partition coefficient (Wildman–Crippen LogP) is 3.64. The molecule has 3 aromatic rings. The highest BCUT2D eigenvalue weighted by Crippen LogP contribution is 2.38. The molecule has 33 heavy (non-hydrogen) atoms. The van der Waals surface area contributed by atoms with Gasteiger partial charge in [0.25, 0.3) is 0 Å². The number of carbonyl (C=O) groups excluding carboxylic acids is 1. The fourth-order valence-electron chi connectivity index (χ4n) is 3.53. The fourth-order valence-corrected chi connectivity index (χ4v) is 3.70. The van der Waals surface area contributed by atoms with Crippen molar-refractivity contribution in [2.24, 2.45) is 0 Å². The molecule has 1 aromatic heterocycles. The number of nitrogens with zero attached hydrogens (tertiary/aromatic N) is 2. The molecule has 2 aromatic carbocycles. The van der Waals surface area contributed by atoms with Gasteiger partial charge < -0.3 is 25.4 Å². The van der Waals surface area contributed by atoms with E-state index < -0.39 is 5.82 Å². The second-order valence-electron chi connectivity index (χ2n) is 7.38. The number of aromatic nitrogens is 1. The summed E-state index contributed by atoms with van der Waals surface area (Å²) in [5, 5.41) is 19.3. The van der Waals surface area contributed by atoms with E-state index in [2.05, 4.69) is 27.0 Å². The number of fused-ring (bicyclic) bond motifs is 2. The molecule has 8 nitrogen and oxygen atoms in total. The van der Waals surface area contributed by atoms with Gasteiger partial charge in [0, 0.05) is 36.4 Å². The number of ether oxygens (including phenoxy) is 2. The number of methoxy groups -OCH3 is 1. The zero-order chi connectivity index (χ0) is 23.4. The smallest absolute Gasteiger partial charge is 0.233 e. The number of anilines is 2. The summed E-state index contributed by atoms with van der Waals surface area (Å²) in [5.74, 6) is 0.194. The number of nitrogens with one attached hydrogen (secondary N) is 3. The van der Waals surface area contributed by atoms with E-state index in [9.17, 15) is 14.4 Å². The maximum atomic E-state index is 14.2. The lowest BCUT2D eigenvalue weighted by Gasteiger charge is -2.18. The highest BCUT2D eigenvalue weighted by atomic mass is 35.5. The van der Waals surface area contributed by atoms with E-state index in [4.69, 9.17) is 21.1 Å². The Morgan fingerprint density at radius 1 is 1.27 bits per heavy atom.